The smallest absolute Gasteiger partial charge is 0.343 e. The Morgan fingerprint density at radius 1 is 1.24 bits per heavy atom. The minimum atomic E-state index is -1.87. The van der Waals surface area contributed by atoms with E-state index in [0.717, 1.165) is 41.5 Å². The highest BCUT2D eigenvalue weighted by molar-refractivity contribution is 7.80. The Hall–Kier alpha value is -2.71. The molecule has 8 heteroatoms. The first-order chi connectivity index (χ1) is 15.8. The minimum absolute atomic E-state index is 0.0825. The molecule has 0 amide bonds. The van der Waals surface area contributed by atoms with Gasteiger partial charge in [-0.25, -0.2) is 14.2 Å². The second-order valence-corrected chi connectivity index (χ2v) is 9.27. The molecule has 0 saturated heterocycles. The van der Waals surface area contributed by atoms with Gasteiger partial charge in [0.1, 0.15) is 12.4 Å². The third-order valence-corrected chi connectivity index (χ3v) is 7.24. The van der Waals surface area contributed by atoms with E-state index in [1.165, 1.54) is 6.07 Å². The summed E-state index contributed by atoms with van der Waals surface area (Å²) in [4.78, 5) is 30.5. The second kappa shape index (κ2) is 7.95. The van der Waals surface area contributed by atoms with E-state index >= 15 is 0 Å². The molecule has 1 N–H and O–H groups in total. The molecule has 3 aromatic rings. The summed E-state index contributed by atoms with van der Waals surface area (Å²) in [6.07, 6.45) is 2.69. The number of cyclic esters (lactones) is 1. The number of nitrogens with zero attached hydrogens (tertiary/aromatic N) is 2. The summed E-state index contributed by atoms with van der Waals surface area (Å²) in [5.74, 6) is -0.314. The summed E-state index contributed by atoms with van der Waals surface area (Å²) < 4.78 is 21.2. The van der Waals surface area contributed by atoms with Crippen LogP contribution in [0, 0.1) is 12.7 Å². The van der Waals surface area contributed by atoms with Gasteiger partial charge in [0.15, 0.2) is 5.60 Å². The summed E-state index contributed by atoms with van der Waals surface area (Å²) in [6.45, 7) is 3.58. The van der Waals surface area contributed by atoms with Crippen molar-refractivity contribution < 1.29 is 19.0 Å². The van der Waals surface area contributed by atoms with Gasteiger partial charge in [-0.15, -0.1) is 0 Å². The number of rotatable bonds is 5. The number of aryl methyl sites for hydroxylation is 2. The van der Waals surface area contributed by atoms with Gasteiger partial charge in [0, 0.05) is 22.6 Å². The standard InChI is InChI=1S/C25H25FN2O4S/c1-3-25(31)18-9-21-22-16(11-28(21)23(29)17(18)12-32-24(25)30)14(6-4-5-7-33)15-8-13(2)19(26)10-20(15)27-22/h8-10,31,33H,3-7,11-12H2,1-2H3/t25-/m0/s1. The lowest BCUT2D eigenvalue weighted by Crippen LogP contribution is -2.44. The largest absolute Gasteiger partial charge is 0.458 e. The van der Waals surface area contributed by atoms with Crippen molar-refractivity contribution in [1.82, 2.24) is 9.55 Å². The average molecular weight is 469 g/mol. The van der Waals surface area contributed by atoms with E-state index in [2.05, 4.69) is 12.6 Å². The number of aliphatic hydroxyl groups is 1. The molecule has 2 aliphatic heterocycles. The van der Waals surface area contributed by atoms with Crippen LogP contribution in [0.15, 0.2) is 23.0 Å². The molecule has 0 spiro atoms. The van der Waals surface area contributed by atoms with Crippen molar-refractivity contribution in [3.05, 3.63) is 62.2 Å². The van der Waals surface area contributed by atoms with Crippen molar-refractivity contribution in [2.24, 2.45) is 0 Å². The molecule has 6 nitrogen and oxygen atoms in total. The van der Waals surface area contributed by atoms with Crippen molar-refractivity contribution >= 4 is 29.5 Å². The molecule has 0 saturated carbocycles. The van der Waals surface area contributed by atoms with Crippen LogP contribution in [0.2, 0.25) is 0 Å². The fourth-order valence-corrected chi connectivity index (χ4v) is 5.21. The molecule has 0 radical (unpaired) electrons. The first-order valence-corrected chi connectivity index (χ1v) is 11.8. The molecule has 33 heavy (non-hydrogen) atoms. The number of aromatic nitrogens is 2. The summed E-state index contributed by atoms with van der Waals surface area (Å²) in [7, 11) is 0. The van der Waals surface area contributed by atoms with Gasteiger partial charge >= 0.3 is 5.97 Å². The fraction of sp³-hybridized carbons (Fsp3) is 0.400. The Kier molecular flexibility index (Phi) is 5.33. The fourth-order valence-electron chi connectivity index (χ4n) is 4.99. The van der Waals surface area contributed by atoms with Crippen LogP contribution in [0.4, 0.5) is 4.39 Å². The van der Waals surface area contributed by atoms with Crippen LogP contribution in [0.1, 0.15) is 54.0 Å². The molecule has 2 aliphatic rings. The monoisotopic (exact) mass is 468 g/mol. The van der Waals surface area contributed by atoms with Crippen molar-refractivity contribution in [2.45, 2.75) is 58.3 Å². The van der Waals surface area contributed by atoms with Crippen molar-refractivity contribution in [1.29, 1.82) is 0 Å². The van der Waals surface area contributed by atoms with Gasteiger partial charge in [0.25, 0.3) is 5.56 Å². The SMILES string of the molecule is CC[C@@]1(O)C(=O)OCc2c1cc1n(c2=O)Cc2c-1nc1cc(F)c(C)cc1c2CCCCS. The highest BCUT2D eigenvalue weighted by atomic mass is 32.1. The number of halogens is 1. The number of hydrogen-bond donors (Lipinski definition) is 2. The molecular formula is C25H25FN2O4S. The van der Waals surface area contributed by atoms with Gasteiger partial charge in [0.2, 0.25) is 0 Å². The zero-order chi connectivity index (χ0) is 23.5. The number of carbonyl (C=O) groups excluding carboxylic acids is 1. The van der Waals surface area contributed by atoms with Gasteiger partial charge in [-0.3, -0.25) is 4.79 Å². The molecule has 0 bridgehead atoms. The quantitative estimate of drug-likeness (QED) is 0.265. The number of fused-ring (bicyclic) bond motifs is 5. The first-order valence-electron chi connectivity index (χ1n) is 11.2. The van der Waals surface area contributed by atoms with Gasteiger partial charge in [-0.1, -0.05) is 6.92 Å². The van der Waals surface area contributed by atoms with Gasteiger partial charge in [-0.2, -0.15) is 12.6 Å². The van der Waals surface area contributed by atoms with Gasteiger partial charge < -0.3 is 14.4 Å². The molecule has 0 unspecified atom stereocenters. The molecule has 4 heterocycles. The molecule has 5 rings (SSSR count). The van der Waals surface area contributed by atoms with Crippen molar-refractivity contribution in [3.8, 4) is 11.4 Å². The Morgan fingerprint density at radius 2 is 2.03 bits per heavy atom. The number of esters is 1. The van der Waals surface area contributed by atoms with Gasteiger partial charge in [-0.05, 0) is 61.6 Å². The number of benzene rings is 1. The lowest BCUT2D eigenvalue weighted by atomic mass is 9.86. The maximum absolute atomic E-state index is 14.4. The van der Waals surface area contributed by atoms with Crippen LogP contribution in [0.25, 0.3) is 22.3 Å². The average Bonchev–Trinajstić information content (AvgIpc) is 3.16. The number of pyridine rings is 2. The zero-order valence-electron chi connectivity index (χ0n) is 18.6. The lowest BCUT2D eigenvalue weighted by molar-refractivity contribution is -0.172. The molecule has 1 atom stereocenters. The number of unbranched alkanes of at least 4 members (excludes halogenated alkanes) is 1. The molecule has 172 valence electrons. The Balaban J connectivity index is 1.78. The van der Waals surface area contributed by atoms with Crippen LogP contribution in [-0.4, -0.2) is 26.4 Å². The Morgan fingerprint density at radius 3 is 2.76 bits per heavy atom. The predicted octanol–water partition coefficient (Wildman–Crippen LogP) is 3.78. The van der Waals surface area contributed by atoms with E-state index in [-0.39, 0.29) is 30.0 Å². The predicted molar refractivity (Wildman–Crippen MR) is 126 cm³/mol. The van der Waals surface area contributed by atoms with Crippen LogP contribution in [0.3, 0.4) is 0 Å². The Labute approximate surface area is 195 Å². The van der Waals surface area contributed by atoms with E-state index in [1.54, 1.807) is 24.5 Å². The van der Waals surface area contributed by atoms with Crippen molar-refractivity contribution in [2.75, 3.05) is 5.75 Å². The highest BCUT2D eigenvalue weighted by Gasteiger charge is 2.45. The third kappa shape index (κ3) is 3.22. The molecule has 0 fully saturated rings. The first kappa shape index (κ1) is 22.1. The van der Waals surface area contributed by atoms with Crippen LogP contribution in [0.5, 0.6) is 0 Å². The number of ether oxygens (including phenoxy) is 1. The normalized spacial score (nSPS) is 18.8. The molecule has 2 aromatic heterocycles. The summed E-state index contributed by atoms with van der Waals surface area (Å²) in [5.41, 5.74) is 2.59. The van der Waals surface area contributed by atoms with E-state index < -0.39 is 11.6 Å². The lowest BCUT2D eigenvalue weighted by Gasteiger charge is -2.31. The minimum Gasteiger partial charge on any atom is -0.458 e. The molecular weight excluding hydrogens is 443 g/mol. The summed E-state index contributed by atoms with van der Waals surface area (Å²) in [5, 5.41) is 11.9. The van der Waals surface area contributed by atoms with E-state index in [0.29, 0.717) is 34.6 Å². The number of thiol groups is 1. The Bertz CT molecular complexity index is 1380. The number of hydrogen-bond acceptors (Lipinski definition) is 6. The van der Waals surface area contributed by atoms with Crippen LogP contribution in [-0.2, 0) is 34.7 Å². The van der Waals surface area contributed by atoms with E-state index in [1.807, 2.05) is 6.07 Å². The summed E-state index contributed by atoms with van der Waals surface area (Å²) >= 11 is 4.32. The second-order valence-electron chi connectivity index (χ2n) is 8.82. The maximum Gasteiger partial charge on any atom is 0.343 e. The van der Waals surface area contributed by atoms with Gasteiger partial charge in [0.05, 0.1) is 29.0 Å². The molecule has 1 aromatic carbocycles. The highest BCUT2D eigenvalue weighted by Crippen LogP contribution is 2.40. The van der Waals surface area contributed by atoms with E-state index in [9.17, 15) is 19.1 Å². The third-order valence-electron chi connectivity index (χ3n) is 6.92. The van der Waals surface area contributed by atoms with Crippen LogP contribution >= 0.6 is 12.6 Å². The molecule has 0 aliphatic carbocycles. The summed E-state index contributed by atoms with van der Waals surface area (Å²) in [6, 6.07) is 4.95. The van der Waals surface area contributed by atoms with E-state index in [4.69, 9.17) is 9.72 Å². The van der Waals surface area contributed by atoms with Crippen molar-refractivity contribution in [3.63, 3.8) is 0 Å². The van der Waals surface area contributed by atoms with Crippen LogP contribution < -0.4 is 5.56 Å². The maximum atomic E-state index is 14.4. The number of carbonyl (C=O) groups is 1. The topological polar surface area (TPSA) is 81.4 Å². The zero-order valence-corrected chi connectivity index (χ0v) is 19.5.